The summed E-state index contributed by atoms with van der Waals surface area (Å²) in [6, 6.07) is 11.0. The first-order valence-electron chi connectivity index (χ1n) is 15.9. The molecule has 0 radical (unpaired) electrons. The summed E-state index contributed by atoms with van der Waals surface area (Å²) in [4.78, 5) is 72.7. The maximum absolute atomic E-state index is 12.5. The van der Waals surface area contributed by atoms with E-state index in [-0.39, 0.29) is 17.2 Å². The van der Waals surface area contributed by atoms with Crippen LogP contribution in [0.4, 0.5) is 0 Å². The van der Waals surface area contributed by atoms with Gasteiger partial charge in [0.25, 0.3) is 0 Å². The lowest BCUT2D eigenvalue weighted by molar-refractivity contribution is -0.311. The molecule has 0 bridgehead atoms. The monoisotopic (exact) mass is 734 g/mol. The van der Waals surface area contributed by atoms with Crippen LogP contribution in [-0.4, -0.2) is 100 Å². The number of rotatable bonds is 16. The standard InChI is InChI=1S/C35H42O17/c1-18(36)44-16-30-32(48-21(4)39)33(49-22(5)40)34(50-23(6)41)35(52-30)45-17-29(51-26-12-10-9-11-25(26)42-7)31(47-20(3)38)24-13-14-27(46-19(2)37)28(15-24)43-8/h9-15,29-35H,16-17H2,1-8H3/t29-,30-,31+,32-,33+,34-,35-/m1/s1. The molecule has 1 aliphatic heterocycles. The molecule has 1 saturated heterocycles. The Kier molecular flexibility index (Phi) is 15.2. The van der Waals surface area contributed by atoms with Crippen molar-refractivity contribution in [1.29, 1.82) is 0 Å². The number of hydrogen-bond donors (Lipinski definition) is 0. The minimum absolute atomic E-state index is 0.0938. The second-order valence-electron chi connectivity index (χ2n) is 11.2. The van der Waals surface area contributed by atoms with E-state index in [0.29, 0.717) is 11.3 Å². The van der Waals surface area contributed by atoms with Crippen molar-refractivity contribution in [3.63, 3.8) is 0 Å². The molecule has 3 rings (SSSR count). The molecule has 0 aromatic heterocycles. The summed E-state index contributed by atoms with van der Waals surface area (Å²) in [5.41, 5.74) is 0.313. The van der Waals surface area contributed by atoms with E-state index in [2.05, 4.69) is 0 Å². The van der Waals surface area contributed by atoms with E-state index in [9.17, 15) is 28.8 Å². The second kappa shape index (κ2) is 19.3. The third-order valence-corrected chi connectivity index (χ3v) is 7.12. The van der Waals surface area contributed by atoms with Gasteiger partial charge in [0.2, 0.25) is 0 Å². The number of esters is 6. The lowest BCUT2D eigenvalue weighted by Gasteiger charge is -2.44. The predicted molar refractivity (Wildman–Crippen MR) is 174 cm³/mol. The Morgan fingerprint density at radius 1 is 0.654 bits per heavy atom. The zero-order valence-electron chi connectivity index (χ0n) is 29.9. The first kappa shape index (κ1) is 41.0. The smallest absolute Gasteiger partial charge is 0.308 e. The normalized spacial score (nSPS) is 20.6. The van der Waals surface area contributed by atoms with E-state index >= 15 is 0 Å². The fourth-order valence-electron chi connectivity index (χ4n) is 5.21. The lowest BCUT2D eigenvalue weighted by atomic mass is 9.98. The molecule has 0 aliphatic carbocycles. The number of para-hydroxylation sites is 2. The van der Waals surface area contributed by atoms with Crippen molar-refractivity contribution in [2.45, 2.75) is 84.5 Å². The Hall–Kier alpha value is -5.42. The van der Waals surface area contributed by atoms with Gasteiger partial charge in [0, 0.05) is 47.1 Å². The SMILES string of the molecule is COc1cc([C@H](OC(C)=O)[C@@H](CO[C@@H]2O[C@H](COC(C)=O)[C@@H](OC(C)=O)[C@H](OC(C)=O)[C@H]2OC(C)=O)Oc2ccccc2OC)ccc1OC(C)=O. The third-order valence-electron chi connectivity index (χ3n) is 7.12. The fraction of sp³-hybridized carbons (Fsp3) is 0.486. The molecule has 0 unspecified atom stereocenters. The van der Waals surface area contributed by atoms with Gasteiger partial charge >= 0.3 is 35.8 Å². The quantitative estimate of drug-likeness (QED) is 0.138. The van der Waals surface area contributed by atoms with Crippen LogP contribution < -0.4 is 18.9 Å². The van der Waals surface area contributed by atoms with Gasteiger partial charge in [-0.15, -0.1) is 0 Å². The molecule has 0 amide bonds. The van der Waals surface area contributed by atoms with Gasteiger partial charge in [0.05, 0.1) is 20.8 Å². The molecule has 0 N–H and O–H groups in total. The Morgan fingerprint density at radius 2 is 1.25 bits per heavy atom. The van der Waals surface area contributed by atoms with Gasteiger partial charge < -0.3 is 52.1 Å². The van der Waals surface area contributed by atoms with Gasteiger partial charge in [-0.1, -0.05) is 18.2 Å². The summed E-state index contributed by atoms with van der Waals surface area (Å²) in [5.74, 6) is -3.74. The highest BCUT2D eigenvalue weighted by molar-refractivity contribution is 5.71. The zero-order chi connectivity index (χ0) is 38.5. The van der Waals surface area contributed by atoms with Crippen LogP contribution in [0.2, 0.25) is 0 Å². The van der Waals surface area contributed by atoms with Gasteiger partial charge in [-0.05, 0) is 24.3 Å². The number of benzene rings is 2. The van der Waals surface area contributed by atoms with Crippen LogP contribution in [-0.2, 0) is 61.9 Å². The molecule has 1 aliphatic rings. The van der Waals surface area contributed by atoms with Crippen molar-refractivity contribution in [2.75, 3.05) is 27.4 Å². The molecular weight excluding hydrogens is 692 g/mol. The molecule has 0 saturated carbocycles. The van der Waals surface area contributed by atoms with Crippen LogP contribution in [0, 0.1) is 0 Å². The van der Waals surface area contributed by atoms with Gasteiger partial charge in [-0.2, -0.15) is 0 Å². The van der Waals surface area contributed by atoms with Crippen molar-refractivity contribution in [3.8, 4) is 23.0 Å². The second-order valence-corrected chi connectivity index (χ2v) is 11.2. The summed E-state index contributed by atoms with van der Waals surface area (Å²) < 4.78 is 62.0. The molecule has 17 heteroatoms. The molecule has 7 atom stereocenters. The largest absolute Gasteiger partial charge is 0.493 e. The zero-order valence-corrected chi connectivity index (χ0v) is 29.9. The lowest BCUT2D eigenvalue weighted by Crippen LogP contribution is -2.63. The van der Waals surface area contributed by atoms with Crippen molar-refractivity contribution in [3.05, 3.63) is 48.0 Å². The highest BCUT2D eigenvalue weighted by Crippen LogP contribution is 2.37. The summed E-state index contributed by atoms with van der Waals surface area (Å²) in [6.07, 6.45) is -9.82. The fourth-order valence-corrected chi connectivity index (χ4v) is 5.21. The van der Waals surface area contributed by atoms with E-state index in [0.717, 1.165) is 27.7 Å². The van der Waals surface area contributed by atoms with E-state index in [1.54, 1.807) is 24.3 Å². The average Bonchev–Trinajstić information content (AvgIpc) is 3.06. The Morgan fingerprint density at radius 3 is 1.81 bits per heavy atom. The van der Waals surface area contributed by atoms with Crippen LogP contribution in [0.25, 0.3) is 0 Å². The number of methoxy groups -OCH3 is 2. The highest BCUT2D eigenvalue weighted by atomic mass is 16.7. The van der Waals surface area contributed by atoms with Gasteiger partial charge in [-0.3, -0.25) is 28.8 Å². The van der Waals surface area contributed by atoms with Crippen LogP contribution in [0.1, 0.15) is 53.2 Å². The Labute approximate surface area is 299 Å². The number of carbonyl (C=O) groups is 6. The predicted octanol–water partition coefficient (Wildman–Crippen LogP) is 2.78. The minimum Gasteiger partial charge on any atom is -0.493 e. The summed E-state index contributed by atoms with van der Waals surface area (Å²) in [5, 5.41) is 0. The molecule has 284 valence electrons. The average molecular weight is 735 g/mol. The molecule has 2 aromatic carbocycles. The van der Waals surface area contributed by atoms with Gasteiger partial charge in [-0.25, -0.2) is 0 Å². The molecule has 0 spiro atoms. The van der Waals surface area contributed by atoms with Gasteiger partial charge in [0.15, 0.2) is 59.8 Å². The topological polar surface area (TPSA) is 204 Å². The Bertz CT molecular complexity index is 1590. The summed E-state index contributed by atoms with van der Waals surface area (Å²) in [7, 11) is 2.77. The van der Waals surface area contributed by atoms with E-state index in [1.165, 1.54) is 46.3 Å². The molecular formula is C35H42O17. The van der Waals surface area contributed by atoms with Crippen LogP contribution in [0.5, 0.6) is 23.0 Å². The summed E-state index contributed by atoms with van der Waals surface area (Å²) in [6.45, 7) is 5.84. The van der Waals surface area contributed by atoms with Crippen LogP contribution in [0.3, 0.4) is 0 Å². The third kappa shape index (κ3) is 11.8. The molecule has 17 nitrogen and oxygen atoms in total. The highest BCUT2D eigenvalue weighted by Gasteiger charge is 2.53. The van der Waals surface area contributed by atoms with Crippen molar-refractivity contribution in [2.24, 2.45) is 0 Å². The Balaban J connectivity index is 2.13. The van der Waals surface area contributed by atoms with Crippen molar-refractivity contribution >= 4 is 35.8 Å². The number of carbonyl (C=O) groups excluding carboxylic acids is 6. The van der Waals surface area contributed by atoms with E-state index in [4.69, 9.17) is 52.1 Å². The molecule has 1 fully saturated rings. The maximum atomic E-state index is 12.5. The van der Waals surface area contributed by atoms with Gasteiger partial charge in [0.1, 0.15) is 12.7 Å². The van der Waals surface area contributed by atoms with Crippen molar-refractivity contribution < 1.29 is 80.9 Å². The molecule has 52 heavy (non-hydrogen) atoms. The van der Waals surface area contributed by atoms with Crippen LogP contribution >= 0.6 is 0 Å². The molecule has 2 aromatic rings. The number of ether oxygens (including phenoxy) is 11. The first-order chi connectivity index (χ1) is 24.6. The van der Waals surface area contributed by atoms with Crippen molar-refractivity contribution in [1.82, 2.24) is 0 Å². The minimum atomic E-state index is -1.58. The van der Waals surface area contributed by atoms with E-state index < -0.39 is 91.9 Å². The summed E-state index contributed by atoms with van der Waals surface area (Å²) >= 11 is 0. The van der Waals surface area contributed by atoms with Crippen LogP contribution in [0.15, 0.2) is 42.5 Å². The first-order valence-corrected chi connectivity index (χ1v) is 15.9. The van der Waals surface area contributed by atoms with E-state index in [1.807, 2.05) is 0 Å². The maximum Gasteiger partial charge on any atom is 0.308 e. The number of hydrogen-bond acceptors (Lipinski definition) is 17. The molecule has 1 heterocycles.